The Kier molecular flexibility index (Phi) is 8.15. The Morgan fingerprint density at radius 1 is 1.05 bits per heavy atom. The van der Waals surface area contributed by atoms with Gasteiger partial charge < -0.3 is 14.6 Å². The number of nitrogens with one attached hydrogen (secondary N) is 1. The maximum Gasteiger partial charge on any atom is 0.316 e. The molecular weight excluding hydrogens is 462 g/mol. The number of rotatable bonds is 10. The number of nitrogens with zero attached hydrogens (tertiary/aromatic N) is 2. The fraction of sp³-hybridized carbons (Fsp3) is 0.452. The van der Waals surface area contributed by atoms with Crippen LogP contribution in [0.1, 0.15) is 62.8 Å². The molecule has 194 valence electrons. The Morgan fingerprint density at radius 2 is 1.76 bits per heavy atom. The molecule has 0 saturated heterocycles. The van der Waals surface area contributed by atoms with Crippen molar-refractivity contribution < 1.29 is 14.1 Å². The van der Waals surface area contributed by atoms with Gasteiger partial charge in [-0.2, -0.15) is 4.98 Å². The maximum atomic E-state index is 13.8. The Balaban J connectivity index is 1.17. The van der Waals surface area contributed by atoms with Crippen molar-refractivity contribution in [2.45, 2.75) is 69.4 Å². The number of benzene rings is 2. The summed E-state index contributed by atoms with van der Waals surface area (Å²) < 4.78 is 11.7. The summed E-state index contributed by atoms with van der Waals surface area (Å²) in [7, 11) is 0. The number of carbonyl (C=O) groups excluding carboxylic acids is 1. The summed E-state index contributed by atoms with van der Waals surface area (Å²) in [6.45, 7) is 5.30. The van der Waals surface area contributed by atoms with E-state index < -0.39 is 5.41 Å². The van der Waals surface area contributed by atoms with Gasteiger partial charge in [-0.3, -0.25) is 4.79 Å². The summed E-state index contributed by atoms with van der Waals surface area (Å²) in [5, 5.41) is 7.50. The molecule has 37 heavy (non-hydrogen) atoms. The van der Waals surface area contributed by atoms with E-state index in [9.17, 15) is 4.79 Å². The number of hydrogen-bond acceptors (Lipinski definition) is 6. The smallest absolute Gasteiger partial charge is 0.316 e. The van der Waals surface area contributed by atoms with Gasteiger partial charge >= 0.3 is 5.97 Å². The number of aromatic nitrogens is 2. The van der Waals surface area contributed by atoms with E-state index >= 15 is 0 Å². The highest BCUT2D eigenvalue weighted by Gasteiger charge is 2.47. The normalized spacial score (nSPS) is 23.0. The molecule has 2 saturated carbocycles. The molecule has 6 heteroatoms. The molecule has 2 unspecified atom stereocenters. The first kappa shape index (κ1) is 25.4. The van der Waals surface area contributed by atoms with Crippen molar-refractivity contribution in [3.8, 4) is 11.4 Å². The lowest BCUT2D eigenvalue weighted by Gasteiger charge is -2.44. The van der Waals surface area contributed by atoms with Crippen molar-refractivity contribution in [3.05, 3.63) is 84.8 Å². The van der Waals surface area contributed by atoms with E-state index in [2.05, 4.69) is 34.2 Å². The van der Waals surface area contributed by atoms with Gasteiger partial charge in [-0.15, -0.1) is 6.58 Å². The number of ether oxygens (including phenoxy) is 1. The molecule has 0 radical (unpaired) electrons. The van der Waals surface area contributed by atoms with Gasteiger partial charge in [-0.25, -0.2) is 0 Å². The van der Waals surface area contributed by atoms with Crippen LogP contribution in [0.5, 0.6) is 0 Å². The fourth-order valence-corrected chi connectivity index (χ4v) is 5.95. The third-order valence-electron chi connectivity index (χ3n) is 8.20. The minimum Gasteiger partial charge on any atom is -0.461 e. The quantitative estimate of drug-likeness (QED) is 0.154. The van der Waals surface area contributed by atoms with E-state index in [1.54, 1.807) is 0 Å². The van der Waals surface area contributed by atoms with Crippen molar-refractivity contribution in [1.82, 2.24) is 15.5 Å². The van der Waals surface area contributed by atoms with E-state index in [1.807, 2.05) is 54.6 Å². The Labute approximate surface area is 219 Å². The van der Waals surface area contributed by atoms with Crippen molar-refractivity contribution >= 4 is 5.97 Å². The van der Waals surface area contributed by atoms with Gasteiger partial charge in [0.2, 0.25) is 11.7 Å². The van der Waals surface area contributed by atoms with Crippen molar-refractivity contribution in [3.63, 3.8) is 0 Å². The van der Waals surface area contributed by atoms with E-state index in [0.29, 0.717) is 24.2 Å². The van der Waals surface area contributed by atoms with Gasteiger partial charge in [0.1, 0.15) is 6.10 Å². The SMILES string of the molecule is C=CC1C[C@H](OC(=O)C2(c3ccccc3)CCCCCC2)C1CCNCc1nc(-c2ccccc2)no1. The molecule has 6 nitrogen and oxygen atoms in total. The zero-order chi connectivity index (χ0) is 25.5. The Bertz CT molecular complexity index is 1150. The average molecular weight is 500 g/mol. The van der Waals surface area contributed by atoms with Crippen molar-refractivity contribution in [2.75, 3.05) is 6.54 Å². The molecule has 0 spiro atoms. The first-order valence-corrected chi connectivity index (χ1v) is 13.7. The average Bonchev–Trinajstić information content (AvgIpc) is 3.26. The largest absolute Gasteiger partial charge is 0.461 e. The monoisotopic (exact) mass is 499 g/mol. The van der Waals surface area contributed by atoms with Crippen LogP contribution in [0.15, 0.2) is 77.8 Å². The molecule has 5 rings (SSSR count). The van der Waals surface area contributed by atoms with Crippen LogP contribution < -0.4 is 5.32 Å². The lowest BCUT2D eigenvalue weighted by atomic mass is 9.68. The van der Waals surface area contributed by atoms with Crippen LogP contribution >= 0.6 is 0 Å². The molecule has 1 N–H and O–H groups in total. The predicted octanol–water partition coefficient (Wildman–Crippen LogP) is 6.24. The molecule has 2 fully saturated rings. The second-order valence-corrected chi connectivity index (χ2v) is 10.4. The topological polar surface area (TPSA) is 77.2 Å². The molecule has 1 aromatic heterocycles. The van der Waals surface area contributed by atoms with Gasteiger partial charge in [0, 0.05) is 11.5 Å². The molecule has 3 atom stereocenters. The molecular formula is C31H37N3O3. The van der Waals surface area contributed by atoms with E-state index in [4.69, 9.17) is 9.26 Å². The van der Waals surface area contributed by atoms with Gasteiger partial charge in [0.25, 0.3) is 0 Å². The Hall–Kier alpha value is -3.25. The molecule has 2 aromatic carbocycles. The second-order valence-electron chi connectivity index (χ2n) is 10.4. The highest BCUT2D eigenvalue weighted by molar-refractivity contribution is 5.83. The zero-order valence-corrected chi connectivity index (χ0v) is 21.5. The summed E-state index contributed by atoms with van der Waals surface area (Å²) >= 11 is 0. The number of esters is 1. The van der Waals surface area contributed by atoms with Crippen LogP contribution in [0.3, 0.4) is 0 Å². The maximum absolute atomic E-state index is 13.8. The van der Waals surface area contributed by atoms with Gasteiger partial charge in [-0.1, -0.05) is 97.6 Å². The summed E-state index contributed by atoms with van der Waals surface area (Å²) in [5.74, 6) is 1.77. The summed E-state index contributed by atoms with van der Waals surface area (Å²) in [6, 6.07) is 20.1. The van der Waals surface area contributed by atoms with E-state index in [1.165, 1.54) is 12.8 Å². The second kappa shape index (κ2) is 11.9. The highest BCUT2D eigenvalue weighted by Crippen LogP contribution is 2.44. The molecule has 0 amide bonds. The predicted molar refractivity (Wildman–Crippen MR) is 144 cm³/mol. The molecule has 1 heterocycles. The number of hydrogen-bond donors (Lipinski definition) is 1. The molecule has 2 aliphatic carbocycles. The van der Waals surface area contributed by atoms with Crippen molar-refractivity contribution in [1.29, 1.82) is 0 Å². The minimum atomic E-state index is -0.520. The summed E-state index contributed by atoms with van der Waals surface area (Å²) in [4.78, 5) is 18.2. The third kappa shape index (κ3) is 5.69. The van der Waals surface area contributed by atoms with Crippen LogP contribution in [-0.2, 0) is 21.5 Å². The zero-order valence-electron chi connectivity index (χ0n) is 21.5. The minimum absolute atomic E-state index is 0.0367. The molecule has 2 aliphatic rings. The molecule has 0 aliphatic heterocycles. The summed E-state index contributed by atoms with van der Waals surface area (Å²) in [5.41, 5.74) is 1.52. The van der Waals surface area contributed by atoms with Gasteiger partial charge in [-0.05, 0) is 43.7 Å². The molecule has 0 bridgehead atoms. The first-order valence-electron chi connectivity index (χ1n) is 13.7. The number of allylic oxidation sites excluding steroid dienone is 1. The van der Waals surface area contributed by atoms with Crippen LogP contribution in [0.25, 0.3) is 11.4 Å². The lowest BCUT2D eigenvalue weighted by molar-refractivity contribution is -0.169. The standard InChI is InChI=1S/C31H37N3O3/c1-2-23-21-27(36-30(35)31(18-11-3-4-12-19-31)25-15-9-6-10-16-25)26(23)17-20-32-22-28-33-29(34-37-28)24-13-7-5-8-14-24/h2,5-10,13-16,23,26-27,32H,1,3-4,11-12,17-22H2/t23?,26?,27-/m0/s1. The van der Waals surface area contributed by atoms with Gasteiger partial charge in [0.05, 0.1) is 12.0 Å². The van der Waals surface area contributed by atoms with Crippen LogP contribution in [-0.4, -0.2) is 28.8 Å². The first-order chi connectivity index (χ1) is 18.2. The van der Waals surface area contributed by atoms with Crippen LogP contribution in [0.2, 0.25) is 0 Å². The van der Waals surface area contributed by atoms with Gasteiger partial charge in [0.15, 0.2) is 0 Å². The van der Waals surface area contributed by atoms with Crippen LogP contribution in [0, 0.1) is 11.8 Å². The Morgan fingerprint density at radius 3 is 2.46 bits per heavy atom. The fourth-order valence-electron chi connectivity index (χ4n) is 5.95. The summed E-state index contributed by atoms with van der Waals surface area (Å²) in [6.07, 6.45) is 9.95. The highest BCUT2D eigenvalue weighted by atomic mass is 16.5. The van der Waals surface area contributed by atoms with Crippen molar-refractivity contribution in [2.24, 2.45) is 11.8 Å². The lowest BCUT2D eigenvalue weighted by Crippen LogP contribution is -2.48. The number of carbonyl (C=O) groups is 1. The molecule has 3 aromatic rings. The van der Waals surface area contributed by atoms with E-state index in [0.717, 1.165) is 56.2 Å². The van der Waals surface area contributed by atoms with Crippen LogP contribution in [0.4, 0.5) is 0 Å². The van der Waals surface area contributed by atoms with E-state index in [-0.39, 0.29) is 18.0 Å². The third-order valence-corrected chi connectivity index (χ3v) is 8.20.